The number of ether oxygens (including phenoxy) is 1. The number of amides is 1. The van der Waals surface area contributed by atoms with Crippen molar-refractivity contribution in [3.63, 3.8) is 0 Å². The van der Waals surface area contributed by atoms with Gasteiger partial charge in [0.2, 0.25) is 0 Å². The van der Waals surface area contributed by atoms with Gasteiger partial charge in [-0.2, -0.15) is 5.10 Å². The van der Waals surface area contributed by atoms with Crippen molar-refractivity contribution in [3.8, 4) is 5.75 Å². The number of benzene rings is 3. The van der Waals surface area contributed by atoms with Crippen molar-refractivity contribution in [3.05, 3.63) is 111 Å². The van der Waals surface area contributed by atoms with E-state index >= 15 is 0 Å². The summed E-state index contributed by atoms with van der Waals surface area (Å²) < 4.78 is 7.47. The molecule has 1 aromatic heterocycles. The third kappa shape index (κ3) is 5.82. The summed E-state index contributed by atoms with van der Waals surface area (Å²) in [6.45, 7) is 0.901. The van der Waals surface area contributed by atoms with Crippen LogP contribution in [0.5, 0.6) is 5.75 Å². The zero-order valence-electron chi connectivity index (χ0n) is 16.8. The number of nitrogens with one attached hydrogen (secondary N) is 1. The normalized spacial score (nSPS) is 10.7. The Balaban J connectivity index is 1.32. The number of anilines is 1. The molecule has 0 saturated heterocycles. The largest absolute Gasteiger partial charge is 0.487 e. The van der Waals surface area contributed by atoms with Gasteiger partial charge in [0.25, 0.3) is 5.91 Å². The maximum atomic E-state index is 12.6. The second-order valence-electron chi connectivity index (χ2n) is 7.04. The Morgan fingerprint density at radius 1 is 0.875 bits per heavy atom. The smallest absolute Gasteiger partial charge is 0.256 e. The Labute approximate surface area is 200 Å². The maximum Gasteiger partial charge on any atom is 0.256 e. The zero-order valence-corrected chi connectivity index (χ0v) is 19.0. The second kappa shape index (κ2) is 10.1. The molecule has 0 fully saturated rings. The highest BCUT2D eigenvalue weighted by Crippen LogP contribution is 2.28. The van der Waals surface area contributed by atoms with Crippen LogP contribution in [0.3, 0.4) is 0 Å². The third-order valence-electron chi connectivity index (χ3n) is 4.64. The Morgan fingerprint density at radius 2 is 1.56 bits per heavy atom. The van der Waals surface area contributed by atoms with Gasteiger partial charge in [0.05, 0.1) is 11.6 Å². The summed E-state index contributed by atoms with van der Waals surface area (Å²) in [7, 11) is 0. The number of carbonyl (C=O) groups is 1. The van der Waals surface area contributed by atoms with Crippen molar-refractivity contribution in [1.29, 1.82) is 0 Å². The first-order valence-corrected chi connectivity index (χ1v) is 10.9. The first-order valence-electron chi connectivity index (χ1n) is 9.72. The van der Waals surface area contributed by atoms with Crippen LogP contribution in [0.1, 0.15) is 21.5 Å². The Hall–Kier alpha value is -2.99. The highest BCUT2D eigenvalue weighted by molar-refractivity contribution is 6.35. The predicted molar refractivity (Wildman–Crippen MR) is 128 cm³/mol. The van der Waals surface area contributed by atoms with Crippen molar-refractivity contribution in [2.45, 2.75) is 13.2 Å². The van der Waals surface area contributed by atoms with Crippen LogP contribution in [-0.4, -0.2) is 15.7 Å². The minimum atomic E-state index is -0.241. The van der Waals surface area contributed by atoms with Gasteiger partial charge in [-0.15, -0.1) is 0 Å². The molecule has 162 valence electrons. The van der Waals surface area contributed by atoms with E-state index in [0.29, 0.717) is 45.4 Å². The lowest BCUT2D eigenvalue weighted by Crippen LogP contribution is -2.13. The standard InChI is InChI=1S/C24H18Cl3N3O2/c25-19-7-3-16(4-8-19)14-30-12-11-23(29-30)28-24(31)18-5-1-17(2-6-18)15-32-22-10-9-20(26)13-21(22)27/h1-13H,14-15H2,(H,28,29,31). The zero-order chi connectivity index (χ0) is 22.5. The summed E-state index contributed by atoms with van der Waals surface area (Å²) in [4.78, 5) is 12.6. The van der Waals surface area contributed by atoms with E-state index in [1.54, 1.807) is 41.1 Å². The molecular weight excluding hydrogens is 469 g/mol. The van der Waals surface area contributed by atoms with Crippen molar-refractivity contribution in [2.75, 3.05) is 5.32 Å². The van der Waals surface area contributed by atoms with E-state index in [1.807, 2.05) is 42.6 Å². The Kier molecular flexibility index (Phi) is 7.00. The van der Waals surface area contributed by atoms with Crippen LogP contribution in [0, 0.1) is 0 Å². The van der Waals surface area contributed by atoms with Crippen LogP contribution in [0.15, 0.2) is 79.0 Å². The minimum absolute atomic E-state index is 0.241. The van der Waals surface area contributed by atoms with E-state index < -0.39 is 0 Å². The van der Waals surface area contributed by atoms with Gasteiger partial charge >= 0.3 is 0 Å². The van der Waals surface area contributed by atoms with Crippen LogP contribution >= 0.6 is 34.8 Å². The molecule has 0 unspecified atom stereocenters. The summed E-state index contributed by atoms with van der Waals surface area (Å²) in [6.07, 6.45) is 1.81. The molecule has 0 aliphatic rings. The number of rotatable bonds is 7. The number of hydrogen-bond donors (Lipinski definition) is 1. The Morgan fingerprint density at radius 3 is 2.28 bits per heavy atom. The fourth-order valence-electron chi connectivity index (χ4n) is 2.99. The van der Waals surface area contributed by atoms with Gasteiger partial charge in [-0.1, -0.05) is 59.1 Å². The maximum absolute atomic E-state index is 12.6. The minimum Gasteiger partial charge on any atom is -0.487 e. The van der Waals surface area contributed by atoms with Gasteiger partial charge < -0.3 is 10.1 Å². The van der Waals surface area contributed by atoms with E-state index in [4.69, 9.17) is 39.5 Å². The monoisotopic (exact) mass is 485 g/mol. The fourth-order valence-corrected chi connectivity index (χ4v) is 3.58. The molecule has 0 aliphatic heterocycles. The molecule has 1 heterocycles. The molecule has 0 spiro atoms. The van der Waals surface area contributed by atoms with Crippen LogP contribution in [0.4, 0.5) is 5.82 Å². The lowest BCUT2D eigenvalue weighted by atomic mass is 10.1. The molecule has 4 rings (SSSR count). The van der Waals surface area contributed by atoms with Crippen molar-refractivity contribution in [2.24, 2.45) is 0 Å². The van der Waals surface area contributed by atoms with E-state index in [1.165, 1.54) is 0 Å². The number of carbonyl (C=O) groups excluding carboxylic acids is 1. The van der Waals surface area contributed by atoms with Crippen LogP contribution in [0.2, 0.25) is 15.1 Å². The summed E-state index contributed by atoms with van der Waals surface area (Å²) >= 11 is 17.9. The molecule has 4 aromatic rings. The quantitative estimate of drug-likeness (QED) is 0.315. The molecule has 32 heavy (non-hydrogen) atoms. The number of nitrogens with zero attached hydrogens (tertiary/aromatic N) is 2. The van der Waals surface area contributed by atoms with Gasteiger partial charge in [0, 0.05) is 27.9 Å². The molecule has 8 heteroatoms. The summed E-state index contributed by atoms with van der Waals surface area (Å²) in [5, 5.41) is 8.89. The first kappa shape index (κ1) is 22.2. The van der Waals surface area contributed by atoms with Gasteiger partial charge in [-0.05, 0) is 53.6 Å². The molecule has 0 bridgehead atoms. The summed E-state index contributed by atoms with van der Waals surface area (Å²) in [6, 6.07) is 21.5. The van der Waals surface area contributed by atoms with Crippen LogP contribution in [0.25, 0.3) is 0 Å². The van der Waals surface area contributed by atoms with Gasteiger partial charge in [-0.25, -0.2) is 0 Å². The van der Waals surface area contributed by atoms with Crippen molar-refractivity contribution in [1.82, 2.24) is 9.78 Å². The fraction of sp³-hybridized carbons (Fsp3) is 0.0833. The molecule has 1 N–H and O–H groups in total. The predicted octanol–water partition coefficient (Wildman–Crippen LogP) is 6.72. The van der Waals surface area contributed by atoms with E-state index in [2.05, 4.69) is 10.4 Å². The van der Waals surface area contributed by atoms with E-state index in [-0.39, 0.29) is 5.91 Å². The van der Waals surface area contributed by atoms with Crippen molar-refractivity contribution < 1.29 is 9.53 Å². The SMILES string of the molecule is O=C(Nc1ccn(Cc2ccc(Cl)cc2)n1)c1ccc(COc2ccc(Cl)cc2Cl)cc1. The lowest BCUT2D eigenvalue weighted by molar-refractivity contribution is 0.102. The topological polar surface area (TPSA) is 56.2 Å². The Bertz CT molecular complexity index is 1220. The van der Waals surface area contributed by atoms with E-state index in [0.717, 1.165) is 11.1 Å². The van der Waals surface area contributed by atoms with Gasteiger partial charge in [-0.3, -0.25) is 9.48 Å². The molecule has 0 saturated carbocycles. The van der Waals surface area contributed by atoms with Gasteiger partial charge in [0.1, 0.15) is 12.4 Å². The average Bonchev–Trinajstić information content (AvgIpc) is 3.22. The van der Waals surface area contributed by atoms with Crippen LogP contribution in [-0.2, 0) is 13.2 Å². The summed E-state index contributed by atoms with van der Waals surface area (Å²) in [5.41, 5.74) is 2.48. The number of hydrogen-bond acceptors (Lipinski definition) is 3. The molecule has 0 aliphatic carbocycles. The van der Waals surface area contributed by atoms with Crippen molar-refractivity contribution >= 4 is 46.5 Å². The molecule has 0 atom stereocenters. The van der Waals surface area contributed by atoms with Gasteiger partial charge in [0.15, 0.2) is 5.82 Å². The second-order valence-corrected chi connectivity index (χ2v) is 8.32. The molecule has 0 radical (unpaired) electrons. The van der Waals surface area contributed by atoms with Crippen LogP contribution < -0.4 is 10.1 Å². The number of halogens is 3. The molecule has 3 aromatic carbocycles. The number of aromatic nitrogens is 2. The van der Waals surface area contributed by atoms with E-state index in [9.17, 15) is 4.79 Å². The highest BCUT2D eigenvalue weighted by Gasteiger charge is 2.09. The lowest BCUT2D eigenvalue weighted by Gasteiger charge is -2.09. The third-order valence-corrected chi connectivity index (χ3v) is 5.43. The first-order chi connectivity index (χ1) is 15.5. The molecular formula is C24H18Cl3N3O2. The molecule has 1 amide bonds. The highest BCUT2D eigenvalue weighted by atomic mass is 35.5. The molecule has 5 nitrogen and oxygen atoms in total. The average molecular weight is 487 g/mol. The summed E-state index contributed by atoms with van der Waals surface area (Å²) in [5.74, 6) is 0.788.